The van der Waals surface area contributed by atoms with Crippen molar-refractivity contribution in [3.05, 3.63) is 35.9 Å². The van der Waals surface area contributed by atoms with Crippen LogP contribution in [0, 0.1) is 0 Å². The fraction of sp³-hybridized carbons (Fsp3) is 0.250. The van der Waals surface area contributed by atoms with Gasteiger partial charge in [-0.1, -0.05) is 30.3 Å². The first-order valence-corrected chi connectivity index (χ1v) is 6.55. The van der Waals surface area contributed by atoms with Gasteiger partial charge in [-0.15, -0.1) is 9.79 Å². The summed E-state index contributed by atoms with van der Waals surface area (Å²) in [5.74, 6) is 0. The van der Waals surface area contributed by atoms with E-state index in [1.54, 1.807) is 0 Å². The summed E-state index contributed by atoms with van der Waals surface area (Å²) < 4.78 is 13.3. The van der Waals surface area contributed by atoms with Gasteiger partial charge in [-0.2, -0.15) is 0 Å². The Morgan fingerprint density at radius 1 is 1.19 bits per heavy atom. The van der Waals surface area contributed by atoms with Crippen molar-refractivity contribution >= 4 is 16.9 Å². The average molecular weight is 267 g/mol. The molecular formula is C8H13O6P2+. The van der Waals surface area contributed by atoms with Crippen LogP contribution in [0.2, 0.25) is 0 Å². The lowest BCUT2D eigenvalue weighted by molar-refractivity contribution is 0.258. The van der Waals surface area contributed by atoms with Crippen LogP contribution in [0.4, 0.5) is 0 Å². The molecule has 0 heterocycles. The van der Waals surface area contributed by atoms with Crippen LogP contribution in [0.5, 0.6) is 0 Å². The largest absolute Gasteiger partial charge is 0.692 e. The van der Waals surface area contributed by atoms with Crippen molar-refractivity contribution in [1.82, 2.24) is 0 Å². The van der Waals surface area contributed by atoms with E-state index in [-0.39, 0.29) is 0 Å². The van der Waals surface area contributed by atoms with E-state index in [1.165, 1.54) is 0 Å². The molecule has 1 rings (SSSR count). The minimum atomic E-state index is -2.87. The summed E-state index contributed by atoms with van der Waals surface area (Å²) in [6.07, 6.45) is 0.709. The normalized spacial score (nSPS) is 9.56. The summed E-state index contributed by atoms with van der Waals surface area (Å²) in [6.45, 7) is 0.350. The maximum Gasteiger partial charge on any atom is 0.692 e. The van der Waals surface area contributed by atoms with Gasteiger partial charge in [0.05, 0.1) is 6.61 Å². The van der Waals surface area contributed by atoms with Gasteiger partial charge in [0.2, 0.25) is 0 Å². The molecule has 0 bridgehead atoms. The maximum atomic E-state index is 8.70. The Bertz CT molecular complexity index is 288. The highest BCUT2D eigenvalue weighted by molar-refractivity contribution is 7.39. The Balaban J connectivity index is 0.000000487. The van der Waals surface area contributed by atoms with Gasteiger partial charge >= 0.3 is 16.9 Å². The van der Waals surface area contributed by atoms with Gasteiger partial charge in [-0.05, 0) is 12.0 Å². The van der Waals surface area contributed by atoms with Gasteiger partial charge in [0, 0.05) is 4.57 Å². The van der Waals surface area contributed by atoms with Crippen LogP contribution >= 0.6 is 16.9 Å². The lowest BCUT2D eigenvalue weighted by Crippen LogP contribution is -1.93. The first kappa shape index (κ1) is 15.6. The molecule has 0 atom stereocenters. The second-order valence-corrected chi connectivity index (χ2v) is 3.84. The van der Waals surface area contributed by atoms with Crippen molar-refractivity contribution in [1.29, 1.82) is 0 Å². The fourth-order valence-corrected chi connectivity index (χ4v) is 1.14. The zero-order valence-electron chi connectivity index (χ0n) is 8.30. The van der Waals surface area contributed by atoms with E-state index >= 15 is 0 Å². The Morgan fingerprint density at radius 2 is 1.69 bits per heavy atom. The number of hydrogen-bond acceptors (Lipinski definition) is 4. The van der Waals surface area contributed by atoms with Gasteiger partial charge in [-0.25, -0.2) is 0 Å². The highest BCUT2D eigenvalue weighted by Crippen LogP contribution is 2.24. The minimum Gasteiger partial charge on any atom is -0.328 e. The first-order chi connectivity index (χ1) is 7.52. The molecular weight excluding hydrogens is 254 g/mol. The zero-order valence-corrected chi connectivity index (χ0v) is 10.1. The van der Waals surface area contributed by atoms with E-state index in [0.29, 0.717) is 13.0 Å². The summed E-state index contributed by atoms with van der Waals surface area (Å²) in [7, 11) is -5.07. The molecule has 0 aromatic heterocycles. The topological polar surface area (TPSA) is 107 Å². The lowest BCUT2D eigenvalue weighted by atomic mass is 10.2. The van der Waals surface area contributed by atoms with E-state index in [9.17, 15) is 0 Å². The summed E-state index contributed by atoms with van der Waals surface area (Å²) in [6, 6.07) is 9.77. The molecule has 0 amide bonds. The van der Waals surface area contributed by atoms with Gasteiger partial charge in [0.15, 0.2) is 0 Å². The predicted molar refractivity (Wildman–Crippen MR) is 59.5 cm³/mol. The molecule has 0 aliphatic carbocycles. The van der Waals surface area contributed by atoms with E-state index in [4.69, 9.17) is 24.1 Å². The van der Waals surface area contributed by atoms with Crippen LogP contribution in [0.25, 0.3) is 0 Å². The summed E-state index contributed by atoms with van der Waals surface area (Å²) in [5.41, 5.74) is 1.13. The zero-order chi connectivity index (χ0) is 12.4. The van der Waals surface area contributed by atoms with Gasteiger partial charge in [0.1, 0.15) is 0 Å². The molecule has 0 saturated heterocycles. The molecule has 0 unspecified atom stereocenters. The molecule has 1 aromatic carbocycles. The summed E-state index contributed by atoms with van der Waals surface area (Å²) in [4.78, 5) is 31.1. The van der Waals surface area contributed by atoms with Gasteiger partial charge < -0.3 is 14.3 Å². The number of benzene rings is 1. The molecule has 0 spiro atoms. The van der Waals surface area contributed by atoms with Crippen molar-refractivity contribution in [2.75, 3.05) is 6.61 Å². The summed E-state index contributed by atoms with van der Waals surface area (Å²) >= 11 is 0. The van der Waals surface area contributed by atoms with E-state index in [1.807, 2.05) is 30.3 Å². The van der Waals surface area contributed by atoms with Crippen LogP contribution in [-0.2, 0) is 15.5 Å². The Labute approximate surface area is 95.1 Å². The molecule has 0 aliphatic rings. The second-order valence-electron chi connectivity index (χ2n) is 2.57. The van der Waals surface area contributed by atoms with Gasteiger partial charge in [-0.3, -0.25) is 0 Å². The fourth-order valence-electron chi connectivity index (χ4n) is 0.890. The molecule has 0 saturated carbocycles. The van der Waals surface area contributed by atoms with Crippen LogP contribution in [0.15, 0.2) is 30.3 Å². The van der Waals surface area contributed by atoms with E-state index in [2.05, 4.69) is 4.52 Å². The molecule has 8 heteroatoms. The molecule has 16 heavy (non-hydrogen) atoms. The monoisotopic (exact) mass is 267 g/mol. The van der Waals surface area contributed by atoms with Crippen molar-refractivity contribution in [2.24, 2.45) is 0 Å². The van der Waals surface area contributed by atoms with Gasteiger partial charge in [0.25, 0.3) is 0 Å². The van der Waals surface area contributed by atoms with Crippen LogP contribution in [0.1, 0.15) is 5.56 Å². The molecule has 6 nitrogen and oxygen atoms in total. The second kappa shape index (κ2) is 9.75. The van der Waals surface area contributed by atoms with Crippen LogP contribution < -0.4 is 0 Å². The summed E-state index contributed by atoms with van der Waals surface area (Å²) in [5, 5.41) is 0. The van der Waals surface area contributed by atoms with Crippen molar-refractivity contribution in [2.45, 2.75) is 6.42 Å². The highest BCUT2D eigenvalue weighted by Gasteiger charge is 1.98. The Hall–Kier alpha value is -0.450. The van der Waals surface area contributed by atoms with Crippen LogP contribution in [0.3, 0.4) is 0 Å². The van der Waals surface area contributed by atoms with Crippen molar-refractivity contribution < 1.29 is 28.7 Å². The molecule has 4 N–H and O–H groups in total. The minimum absolute atomic E-state index is 0.350. The average Bonchev–Trinajstić information content (AvgIpc) is 2.18. The number of hydrogen-bond donors (Lipinski definition) is 4. The molecule has 0 fully saturated rings. The Morgan fingerprint density at radius 3 is 2.12 bits per heavy atom. The Kier molecular flexibility index (Phi) is 9.48. The molecule has 1 aromatic rings. The molecule has 0 aliphatic heterocycles. The van der Waals surface area contributed by atoms with E-state index < -0.39 is 16.9 Å². The first-order valence-electron chi connectivity index (χ1n) is 4.22. The molecule has 90 valence electrons. The third-order valence-electron chi connectivity index (χ3n) is 1.44. The number of rotatable bonds is 4. The van der Waals surface area contributed by atoms with Crippen LogP contribution in [-0.4, -0.2) is 26.2 Å². The van der Waals surface area contributed by atoms with Crippen molar-refractivity contribution in [3.8, 4) is 0 Å². The standard InChI is InChI=1S/C8H11O3P.HO3P/c9-12(10)11-7-6-8-4-2-1-3-5-8;1-4(2)3/h1-5,9-10H,6-7H2;(H-,1,2,3)/p+1. The predicted octanol–water partition coefficient (Wildman–Crippen LogP) is 1.09. The third kappa shape index (κ3) is 11.6. The quantitative estimate of drug-likeness (QED) is 0.608. The highest BCUT2D eigenvalue weighted by atomic mass is 31.2. The lowest BCUT2D eigenvalue weighted by Gasteiger charge is -2.02. The maximum absolute atomic E-state index is 8.70. The SMILES string of the molecule is O=[P+](O)O.OP(O)OCCc1ccccc1. The van der Waals surface area contributed by atoms with Crippen molar-refractivity contribution in [3.63, 3.8) is 0 Å². The molecule has 0 radical (unpaired) electrons. The van der Waals surface area contributed by atoms with E-state index in [0.717, 1.165) is 5.56 Å². The third-order valence-corrected chi connectivity index (χ3v) is 1.85. The smallest absolute Gasteiger partial charge is 0.328 e.